The molecule has 0 aliphatic heterocycles. The van der Waals surface area contributed by atoms with Crippen LogP contribution in [0.5, 0.6) is 0 Å². The quantitative estimate of drug-likeness (QED) is 0.604. The summed E-state index contributed by atoms with van der Waals surface area (Å²) in [6.07, 6.45) is 0. The van der Waals surface area contributed by atoms with Gasteiger partial charge in [0.1, 0.15) is 17.3 Å². The van der Waals surface area contributed by atoms with Crippen LogP contribution in [-0.4, -0.2) is 48.3 Å². The second-order valence-corrected chi connectivity index (χ2v) is 6.04. The highest BCUT2D eigenvalue weighted by molar-refractivity contribution is 5.95. The molecule has 3 amide bonds. The molecular weight excluding hydrogens is 382 g/mol. The van der Waals surface area contributed by atoms with E-state index in [9.17, 15) is 23.2 Å². The van der Waals surface area contributed by atoms with E-state index >= 15 is 0 Å². The number of rotatable bonds is 8. The Kier molecular flexibility index (Phi) is 10.5. The molecule has 1 aromatic rings. The molecule has 10 heteroatoms. The molecule has 0 heterocycles. The summed E-state index contributed by atoms with van der Waals surface area (Å²) >= 11 is 0. The molecule has 0 saturated carbocycles. The van der Waals surface area contributed by atoms with E-state index in [1.807, 2.05) is 0 Å². The van der Waals surface area contributed by atoms with Crippen molar-refractivity contribution in [2.24, 2.45) is 11.7 Å². The maximum absolute atomic E-state index is 13.5. The van der Waals surface area contributed by atoms with E-state index < -0.39 is 47.6 Å². The zero-order valence-corrected chi connectivity index (χ0v) is 16.2. The van der Waals surface area contributed by atoms with Gasteiger partial charge in [-0.2, -0.15) is 0 Å². The zero-order valence-electron chi connectivity index (χ0n) is 15.4. The van der Waals surface area contributed by atoms with Crippen molar-refractivity contribution in [2.45, 2.75) is 26.8 Å². The first-order valence-corrected chi connectivity index (χ1v) is 8.22. The third kappa shape index (κ3) is 7.48. The van der Waals surface area contributed by atoms with Crippen molar-refractivity contribution < 1.29 is 23.2 Å². The van der Waals surface area contributed by atoms with Crippen molar-refractivity contribution in [3.8, 4) is 0 Å². The van der Waals surface area contributed by atoms with E-state index in [-0.39, 0.29) is 31.4 Å². The number of carbonyl (C=O) groups is 3. The average molecular weight is 407 g/mol. The maximum atomic E-state index is 13.5. The molecule has 1 aromatic carbocycles. The van der Waals surface area contributed by atoms with Gasteiger partial charge in [-0.05, 0) is 25.0 Å². The van der Waals surface area contributed by atoms with E-state index in [1.54, 1.807) is 20.8 Å². The number of likely N-dealkylation sites (N-methyl/N-ethyl adjacent to an activating group) is 1. The van der Waals surface area contributed by atoms with Gasteiger partial charge in [0.2, 0.25) is 17.7 Å². The summed E-state index contributed by atoms with van der Waals surface area (Å²) in [7, 11) is 0. The number of para-hydroxylation sites is 1. The summed E-state index contributed by atoms with van der Waals surface area (Å²) in [5.74, 6) is -3.66. The number of nitrogens with one attached hydrogen (secondary N) is 2. The second-order valence-electron chi connectivity index (χ2n) is 6.04. The van der Waals surface area contributed by atoms with Crippen molar-refractivity contribution in [1.82, 2.24) is 10.2 Å². The fourth-order valence-corrected chi connectivity index (χ4v) is 2.04. The van der Waals surface area contributed by atoms with Gasteiger partial charge in [0.25, 0.3) is 0 Å². The Morgan fingerprint density at radius 3 is 2.22 bits per heavy atom. The summed E-state index contributed by atoms with van der Waals surface area (Å²) in [6, 6.07) is 2.45. The molecule has 1 atom stereocenters. The SMILES string of the molecule is CCN(CC(=O)Nc1c(F)cccc1F)C(=O)CNC(=O)[C@@H](N)C(C)C.Cl. The number of carbonyl (C=O) groups excluding carboxylic acids is 3. The molecule has 0 unspecified atom stereocenters. The molecule has 27 heavy (non-hydrogen) atoms. The van der Waals surface area contributed by atoms with Gasteiger partial charge in [0.15, 0.2) is 0 Å². The Labute approximate surface area is 163 Å². The Morgan fingerprint density at radius 2 is 1.74 bits per heavy atom. The largest absolute Gasteiger partial charge is 0.346 e. The van der Waals surface area contributed by atoms with Crippen LogP contribution in [0.4, 0.5) is 14.5 Å². The Balaban J connectivity index is 0.00000676. The lowest BCUT2D eigenvalue weighted by atomic mass is 10.1. The molecule has 152 valence electrons. The first-order valence-electron chi connectivity index (χ1n) is 8.22. The van der Waals surface area contributed by atoms with Gasteiger partial charge in [-0.1, -0.05) is 19.9 Å². The van der Waals surface area contributed by atoms with Crippen LogP contribution in [0.1, 0.15) is 20.8 Å². The minimum absolute atomic E-state index is 0. The normalized spacial score (nSPS) is 11.4. The summed E-state index contributed by atoms with van der Waals surface area (Å²) in [4.78, 5) is 37.0. The van der Waals surface area contributed by atoms with E-state index in [2.05, 4.69) is 10.6 Å². The average Bonchev–Trinajstić information content (AvgIpc) is 2.59. The number of nitrogens with zero attached hydrogens (tertiary/aromatic N) is 1. The van der Waals surface area contributed by atoms with Gasteiger partial charge in [0.05, 0.1) is 19.1 Å². The van der Waals surface area contributed by atoms with Crippen molar-refractivity contribution in [3.05, 3.63) is 29.8 Å². The smallest absolute Gasteiger partial charge is 0.244 e. The molecule has 0 aromatic heterocycles. The summed E-state index contributed by atoms with van der Waals surface area (Å²) in [5, 5.41) is 4.52. The van der Waals surface area contributed by atoms with Crippen molar-refractivity contribution in [1.29, 1.82) is 0 Å². The van der Waals surface area contributed by atoms with Crippen LogP contribution in [0.25, 0.3) is 0 Å². The van der Waals surface area contributed by atoms with Crippen LogP contribution >= 0.6 is 12.4 Å². The standard InChI is InChI=1S/C17H24F2N4O3.ClH/c1-4-23(14(25)8-21-17(26)15(20)10(2)3)9-13(24)22-16-11(18)6-5-7-12(16)19;/h5-7,10,15H,4,8-9,20H2,1-3H3,(H,21,26)(H,22,24);1H/t15-;/m0./s1. The molecule has 0 spiro atoms. The predicted molar refractivity (Wildman–Crippen MR) is 100 cm³/mol. The maximum Gasteiger partial charge on any atom is 0.244 e. The van der Waals surface area contributed by atoms with E-state index in [1.165, 1.54) is 6.07 Å². The number of anilines is 1. The molecule has 0 saturated heterocycles. The van der Waals surface area contributed by atoms with Crippen LogP contribution in [0.2, 0.25) is 0 Å². The summed E-state index contributed by atoms with van der Waals surface area (Å²) in [5.41, 5.74) is 5.11. The Bertz CT molecular complexity index is 653. The van der Waals surface area contributed by atoms with Crippen LogP contribution in [0, 0.1) is 17.6 Å². The van der Waals surface area contributed by atoms with Crippen molar-refractivity contribution >= 4 is 35.8 Å². The zero-order chi connectivity index (χ0) is 19.9. The first-order chi connectivity index (χ1) is 12.2. The van der Waals surface area contributed by atoms with Crippen molar-refractivity contribution in [3.63, 3.8) is 0 Å². The minimum atomic E-state index is -0.914. The van der Waals surface area contributed by atoms with Gasteiger partial charge in [-0.25, -0.2) is 8.78 Å². The fraction of sp³-hybridized carbons (Fsp3) is 0.471. The molecule has 0 aliphatic rings. The highest BCUT2D eigenvalue weighted by Gasteiger charge is 2.21. The van der Waals surface area contributed by atoms with E-state index in [0.29, 0.717) is 0 Å². The number of halogens is 3. The van der Waals surface area contributed by atoms with Crippen molar-refractivity contribution in [2.75, 3.05) is 25.0 Å². The van der Waals surface area contributed by atoms with Gasteiger partial charge < -0.3 is 21.3 Å². The van der Waals surface area contributed by atoms with E-state index in [0.717, 1.165) is 17.0 Å². The fourth-order valence-electron chi connectivity index (χ4n) is 2.04. The molecule has 0 aliphatic carbocycles. The highest BCUT2D eigenvalue weighted by atomic mass is 35.5. The lowest BCUT2D eigenvalue weighted by Crippen LogP contribution is -2.49. The molecule has 0 bridgehead atoms. The van der Waals surface area contributed by atoms with Gasteiger partial charge in [0, 0.05) is 6.54 Å². The highest BCUT2D eigenvalue weighted by Crippen LogP contribution is 2.17. The molecule has 0 radical (unpaired) electrons. The van der Waals surface area contributed by atoms with Crippen LogP contribution in [-0.2, 0) is 14.4 Å². The number of amides is 3. The number of hydrogen-bond donors (Lipinski definition) is 3. The second kappa shape index (κ2) is 11.5. The molecule has 0 fully saturated rings. The third-order valence-electron chi connectivity index (χ3n) is 3.73. The first kappa shape index (κ1) is 24.7. The van der Waals surface area contributed by atoms with Gasteiger partial charge in [-0.3, -0.25) is 14.4 Å². The number of nitrogens with two attached hydrogens (primary N) is 1. The predicted octanol–water partition coefficient (Wildman–Crippen LogP) is 1.27. The molecule has 7 nitrogen and oxygen atoms in total. The molecule has 1 rings (SSSR count). The third-order valence-corrected chi connectivity index (χ3v) is 3.73. The molecular formula is C17H25ClF2N4O3. The van der Waals surface area contributed by atoms with Crippen LogP contribution < -0.4 is 16.4 Å². The number of benzene rings is 1. The number of hydrogen-bond acceptors (Lipinski definition) is 4. The van der Waals surface area contributed by atoms with Crippen LogP contribution in [0.3, 0.4) is 0 Å². The lowest BCUT2D eigenvalue weighted by molar-refractivity contribution is -0.135. The van der Waals surface area contributed by atoms with Gasteiger partial charge >= 0.3 is 0 Å². The molecule has 4 N–H and O–H groups in total. The monoisotopic (exact) mass is 406 g/mol. The Morgan fingerprint density at radius 1 is 1.19 bits per heavy atom. The Hall–Kier alpha value is -2.26. The van der Waals surface area contributed by atoms with E-state index in [4.69, 9.17) is 5.73 Å². The summed E-state index contributed by atoms with van der Waals surface area (Å²) < 4.78 is 27.1. The topological polar surface area (TPSA) is 105 Å². The van der Waals surface area contributed by atoms with Gasteiger partial charge in [-0.15, -0.1) is 12.4 Å². The lowest BCUT2D eigenvalue weighted by Gasteiger charge is -2.22. The minimum Gasteiger partial charge on any atom is -0.346 e. The summed E-state index contributed by atoms with van der Waals surface area (Å²) in [6.45, 7) is 4.63. The van der Waals surface area contributed by atoms with Crippen LogP contribution in [0.15, 0.2) is 18.2 Å².